The molecule has 93 heavy (non-hydrogen) atoms. The van der Waals surface area contributed by atoms with Gasteiger partial charge in [0.15, 0.2) is 0 Å². The molecule has 0 aromatic heterocycles. The molecule has 4 rings (SSSR count). The van der Waals surface area contributed by atoms with Crippen LogP contribution in [0.2, 0.25) is 0 Å². The van der Waals surface area contributed by atoms with Gasteiger partial charge < -0.3 is 61.6 Å². The highest BCUT2D eigenvalue weighted by Crippen LogP contribution is 2.31. The molecule has 0 amide bonds. The predicted molar refractivity (Wildman–Crippen MR) is 353 cm³/mol. The Morgan fingerprint density at radius 3 is 1.01 bits per heavy atom. The fourth-order valence-corrected chi connectivity index (χ4v) is 9.55. The molecule has 0 heterocycles. The maximum atomic E-state index is 12.8. The normalized spacial score (nSPS) is 15.3. The average Bonchev–Trinajstić information content (AvgIpc) is 0.987. The van der Waals surface area contributed by atoms with Crippen molar-refractivity contribution in [2.45, 2.75) is 148 Å². The van der Waals surface area contributed by atoms with Crippen molar-refractivity contribution in [1.29, 1.82) is 0 Å². The Morgan fingerprint density at radius 2 is 0.645 bits per heavy atom. The van der Waals surface area contributed by atoms with Gasteiger partial charge >= 0.3 is 41.8 Å². The summed E-state index contributed by atoms with van der Waals surface area (Å²) in [6.45, 7) is 30.3. The van der Waals surface area contributed by atoms with Gasteiger partial charge in [-0.3, -0.25) is 9.59 Å². The summed E-state index contributed by atoms with van der Waals surface area (Å²) in [5.74, 6) is -1.29. The average molecular weight is 1300 g/mol. The fourth-order valence-electron chi connectivity index (χ4n) is 9.55. The number of unbranched alkanes of at least 4 members (excludes halogenated alkanes) is 7. The van der Waals surface area contributed by atoms with E-state index in [1.807, 2.05) is 6.08 Å². The van der Waals surface area contributed by atoms with Gasteiger partial charge in [-0.15, -0.1) is 6.58 Å². The smallest absolute Gasteiger partial charge is 0.339 e. The number of benzene rings is 2. The van der Waals surface area contributed by atoms with Crippen LogP contribution >= 0.6 is 0 Å². The van der Waals surface area contributed by atoms with Crippen molar-refractivity contribution >= 4 is 41.8 Å². The molecule has 0 saturated heterocycles. The minimum Gasteiger partial charge on any atom is -0.502 e. The molecule has 2 aliphatic carbocycles. The summed E-state index contributed by atoms with van der Waals surface area (Å²) in [5, 5.41) is 0. The molecule has 2 aromatic rings. The lowest BCUT2D eigenvalue weighted by atomic mass is 9.83. The van der Waals surface area contributed by atoms with Crippen LogP contribution in [0.1, 0.15) is 199 Å². The van der Waals surface area contributed by atoms with Crippen molar-refractivity contribution < 1.29 is 95.1 Å². The molecule has 2 saturated carbocycles. The lowest BCUT2D eigenvalue weighted by Gasteiger charge is -2.27. The van der Waals surface area contributed by atoms with Gasteiger partial charge in [-0.1, -0.05) is 51.6 Å². The maximum absolute atomic E-state index is 12.8. The van der Waals surface area contributed by atoms with E-state index in [1.54, 1.807) is 18.2 Å². The van der Waals surface area contributed by atoms with Crippen LogP contribution in [0.3, 0.4) is 0 Å². The Morgan fingerprint density at radius 1 is 0.323 bits per heavy atom. The third kappa shape index (κ3) is 39.7. The van der Waals surface area contributed by atoms with Crippen LogP contribution < -0.4 is 0 Å². The number of allylic oxidation sites excluding steroid dienone is 1. The highest BCUT2D eigenvalue weighted by Gasteiger charge is 2.26. The van der Waals surface area contributed by atoms with E-state index in [4.69, 9.17) is 61.6 Å². The molecule has 0 aliphatic heterocycles. The van der Waals surface area contributed by atoms with Crippen LogP contribution in [-0.4, -0.2) is 128 Å². The van der Waals surface area contributed by atoms with Gasteiger partial charge in [0.05, 0.1) is 151 Å². The second-order valence-electron chi connectivity index (χ2n) is 22.1. The second-order valence-corrected chi connectivity index (χ2v) is 22.1. The largest absolute Gasteiger partial charge is 0.502 e. The Labute approximate surface area is 552 Å². The quantitative estimate of drug-likeness (QED) is 0.0197. The lowest BCUT2D eigenvalue weighted by Crippen LogP contribution is -2.23. The molecule has 0 N–H and O–H groups in total. The minimum absolute atomic E-state index is 0.0390. The first-order valence-electron chi connectivity index (χ1n) is 32.7. The molecule has 20 heteroatoms. The first kappa shape index (κ1) is 80.8. The Kier molecular flexibility index (Phi) is 47.2. The molecule has 0 radical (unpaired) electrons. The van der Waals surface area contributed by atoms with Crippen LogP contribution in [-0.2, 0) is 71.2 Å². The SMILES string of the molecule is C=CCCCCCOC(=O)c1ccc(C(=O)OCCCCOC=C)cc1C(=O)OCCCCOC=C.C=COCC1CCC(COC(=O)CCCC(=O)OCC2CCC(COC=C)CC2)CC1.C=COCCCCOC(=O)c1cccc(C(=O)OCCCCOC=C)c1. The molecule has 0 bridgehead atoms. The van der Waals surface area contributed by atoms with E-state index in [0.717, 1.165) is 96.7 Å². The lowest BCUT2D eigenvalue weighted by molar-refractivity contribution is -0.147. The zero-order valence-corrected chi connectivity index (χ0v) is 55.0. The third-order valence-corrected chi connectivity index (χ3v) is 14.9. The van der Waals surface area contributed by atoms with Crippen LogP contribution in [0.25, 0.3) is 0 Å². The summed E-state index contributed by atoms with van der Waals surface area (Å²) in [4.78, 5) is 85.9. The fraction of sp³-hybridized carbons (Fsp3) is 0.548. The molecule has 0 unspecified atom stereocenters. The first-order chi connectivity index (χ1) is 45.3. The van der Waals surface area contributed by atoms with Crippen LogP contribution in [0.4, 0.5) is 0 Å². The molecule has 2 aliphatic rings. The first-order valence-corrected chi connectivity index (χ1v) is 32.7. The number of rotatable bonds is 49. The van der Waals surface area contributed by atoms with Gasteiger partial charge in [-0.05, 0) is 195 Å². The predicted octanol–water partition coefficient (Wildman–Crippen LogP) is 14.8. The van der Waals surface area contributed by atoms with Crippen molar-refractivity contribution in [2.24, 2.45) is 23.7 Å². The monoisotopic (exact) mass is 1300 g/mol. The van der Waals surface area contributed by atoms with Gasteiger partial charge in [-0.25, -0.2) is 24.0 Å². The molecule has 2 aromatic carbocycles. The summed E-state index contributed by atoms with van der Waals surface area (Å²) in [6, 6.07) is 10.5. The zero-order chi connectivity index (χ0) is 67.8. The highest BCUT2D eigenvalue weighted by molar-refractivity contribution is 6.05. The summed E-state index contributed by atoms with van der Waals surface area (Å²) < 4.78 is 67.7. The topological polar surface area (TPSA) is 239 Å². The van der Waals surface area contributed by atoms with Crippen LogP contribution in [0.15, 0.2) is 132 Å². The second kappa shape index (κ2) is 54.3. The third-order valence-electron chi connectivity index (χ3n) is 14.9. The van der Waals surface area contributed by atoms with Crippen molar-refractivity contribution in [3.05, 3.63) is 160 Å². The highest BCUT2D eigenvalue weighted by atomic mass is 16.6. The Hall–Kier alpha value is -8.29. The van der Waals surface area contributed by atoms with E-state index >= 15 is 0 Å². The summed E-state index contributed by atoms with van der Waals surface area (Å²) in [6.07, 6.45) is 28.9. The van der Waals surface area contributed by atoms with Gasteiger partial charge in [0.1, 0.15) is 0 Å². The van der Waals surface area contributed by atoms with E-state index < -0.39 is 29.8 Å². The van der Waals surface area contributed by atoms with Gasteiger partial charge in [0.25, 0.3) is 0 Å². The minimum atomic E-state index is -0.714. The molecule has 0 spiro atoms. The van der Waals surface area contributed by atoms with E-state index in [-0.39, 0.29) is 61.3 Å². The number of ether oxygens (including phenoxy) is 13. The molecular formula is C73H104O20. The number of carbonyl (C=O) groups is 7. The van der Waals surface area contributed by atoms with Crippen molar-refractivity contribution in [1.82, 2.24) is 0 Å². The molecule has 20 nitrogen and oxygen atoms in total. The van der Waals surface area contributed by atoms with Gasteiger partial charge in [0, 0.05) is 12.8 Å². The van der Waals surface area contributed by atoms with E-state index in [0.29, 0.717) is 139 Å². The standard InChI is InChI=1S/C28H38O8.C25H40O6.C20H26O6/c1-4-7-8-9-10-19-35-27(30)24-16-15-23(26(29)34-20-13-11-17-32-5-2)22-25(24)28(31)36-21-14-12-18-33-6-3;1-3-28-16-20-8-12-22(13-9-20)18-30-24(26)6-5-7-25(27)31-19-23-14-10-21(11-15-23)17-29-4-2;1-3-23-12-5-7-14-25-19(21)17-10-9-11-18(16-17)20(22)26-15-8-6-13-24-4-2/h4-6,15-16,22H,1-3,7-14,17-21H2;3-4,20-23H,1-2,5-19H2;3-4,9-11,16H,1-2,5-8,12-15H2. The molecular weight excluding hydrogens is 1200 g/mol. The Bertz CT molecular complexity index is 2410. The van der Waals surface area contributed by atoms with Crippen LogP contribution in [0, 0.1) is 23.7 Å². The zero-order valence-electron chi connectivity index (χ0n) is 55.0. The van der Waals surface area contributed by atoms with Crippen LogP contribution in [0.5, 0.6) is 0 Å². The van der Waals surface area contributed by atoms with Gasteiger partial charge in [-0.2, -0.15) is 0 Å². The number of hydrogen-bond donors (Lipinski definition) is 0. The number of carbonyl (C=O) groups excluding carboxylic acids is 7. The van der Waals surface area contributed by atoms with E-state index in [9.17, 15) is 33.6 Å². The summed E-state index contributed by atoms with van der Waals surface area (Å²) in [5.41, 5.74) is 0.786. The number of esters is 7. The molecule has 2 fully saturated rings. The molecule has 516 valence electrons. The summed E-state index contributed by atoms with van der Waals surface area (Å²) >= 11 is 0. The van der Waals surface area contributed by atoms with Crippen molar-refractivity contribution in [3.63, 3.8) is 0 Å². The maximum Gasteiger partial charge on any atom is 0.339 e. The molecule has 0 atom stereocenters. The Balaban J connectivity index is 0.000000481. The summed E-state index contributed by atoms with van der Waals surface area (Å²) in [7, 11) is 0. The van der Waals surface area contributed by atoms with E-state index in [2.05, 4.69) is 46.1 Å². The van der Waals surface area contributed by atoms with Crippen molar-refractivity contribution in [3.8, 4) is 0 Å². The van der Waals surface area contributed by atoms with Gasteiger partial charge in [0.2, 0.25) is 0 Å². The number of hydrogen-bond acceptors (Lipinski definition) is 20. The van der Waals surface area contributed by atoms with Crippen molar-refractivity contribution in [2.75, 3.05) is 85.9 Å². The van der Waals surface area contributed by atoms with E-state index in [1.165, 1.54) is 61.8 Å².